The van der Waals surface area contributed by atoms with Gasteiger partial charge < -0.3 is 5.11 Å². The number of nitrogens with zero attached hydrogens (tertiary/aromatic N) is 1. The summed E-state index contributed by atoms with van der Waals surface area (Å²) in [5.74, 6) is -1.26. The van der Waals surface area contributed by atoms with Crippen LogP contribution in [0.4, 0.5) is 8.78 Å². The lowest BCUT2D eigenvalue weighted by atomic mass is 10.2. The van der Waals surface area contributed by atoms with Crippen molar-refractivity contribution < 1.29 is 13.9 Å². The zero-order valence-electron chi connectivity index (χ0n) is 10.9. The number of aliphatic hydroxyl groups excluding tert-OH is 1. The van der Waals surface area contributed by atoms with Crippen LogP contribution >= 0.6 is 11.8 Å². The number of halogens is 2. The molecule has 0 spiro atoms. The molecule has 0 fully saturated rings. The molecule has 0 aliphatic rings. The minimum Gasteiger partial charge on any atom is -0.392 e. The maximum absolute atomic E-state index is 13.7. The van der Waals surface area contributed by atoms with E-state index >= 15 is 0 Å². The van der Waals surface area contributed by atoms with E-state index in [1.165, 1.54) is 12.1 Å². The highest BCUT2D eigenvalue weighted by Gasteiger charge is 2.11. The Labute approximate surface area is 124 Å². The number of pyridine rings is 1. The number of rotatable bonds is 3. The van der Waals surface area contributed by atoms with Gasteiger partial charge in [-0.15, -0.1) is 0 Å². The van der Waals surface area contributed by atoms with E-state index in [0.29, 0.717) is 10.6 Å². The van der Waals surface area contributed by atoms with E-state index < -0.39 is 11.6 Å². The summed E-state index contributed by atoms with van der Waals surface area (Å²) in [7, 11) is 0. The molecule has 2 nitrogen and oxygen atoms in total. The molecule has 0 amide bonds. The van der Waals surface area contributed by atoms with Gasteiger partial charge in [-0.3, -0.25) is 0 Å². The first-order valence-electron chi connectivity index (χ1n) is 6.30. The van der Waals surface area contributed by atoms with Crippen LogP contribution in [0.2, 0.25) is 0 Å². The van der Waals surface area contributed by atoms with Crippen LogP contribution < -0.4 is 0 Å². The number of hydrogen-bond acceptors (Lipinski definition) is 3. The third kappa shape index (κ3) is 2.89. The van der Waals surface area contributed by atoms with Gasteiger partial charge in [0.2, 0.25) is 0 Å². The van der Waals surface area contributed by atoms with Gasteiger partial charge in [0.05, 0.1) is 12.1 Å². The summed E-state index contributed by atoms with van der Waals surface area (Å²) in [5.41, 5.74) is 1.38. The topological polar surface area (TPSA) is 33.1 Å². The lowest BCUT2D eigenvalue weighted by Gasteiger charge is -2.09. The highest BCUT2D eigenvalue weighted by molar-refractivity contribution is 7.99. The van der Waals surface area contributed by atoms with Gasteiger partial charge in [-0.1, -0.05) is 30.0 Å². The quantitative estimate of drug-likeness (QED) is 0.789. The molecule has 1 heterocycles. The fourth-order valence-electron chi connectivity index (χ4n) is 2.01. The number of fused-ring (bicyclic) bond motifs is 1. The predicted octanol–water partition coefficient (Wildman–Crippen LogP) is 4.16. The maximum Gasteiger partial charge on any atom is 0.140 e. The molecule has 0 unspecified atom stereocenters. The summed E-state index contributed by atoms with van der Waals surface area (Å²) in [4.78, 5) is 4.72. The molecule has 2 aromatic carbocycles. The lowest BCUT2D eigenvalue weighted by molar-refractivity contribution is 0.278. The zero-order valence-corrected chi connectivity index (χ0v) is 11.7. The largest absolute Gasteiger partial charge is 0.392 e. The van der Waals surface area contributed by atoms with E-state index in [2.05, 4.69) is 4.98 Å². The molecule has 3 rings (SSSR count). The summed E-state index contributed by atoms with van der Waals surface area (Å²) in [6, 6.07) is 12.7. The SMILES string of the molecule is OCc1cc2ccccc2nc1Sc1ccc(F)cc1F. The first-order chi connectivity index (χ1) is 10.2. The maximum atomic E-state index is 13.7. The molecule has 1 N–H and O–H groups in total. The third-order valence-electron chi connectivity index (χ3n) is 3.03. The van der Waals surface area contributed by atoms with Crippen molar-refractivity contribution in [2.75, 3.05) is 0 Å². The minimum atomic E-state index is -0.640. The van der Waals surface area contributed by atoms with E-state index in [4.69, 9.17) is 0 Å². The van der Waals surface area contributed by atoms with Gasteiger partial charge in [0.25, 0.3) is 0 Å². The van der Waals surface area contributed by atoms with Crippen LogP contribution in [0.5, 0.6) is 0 Å². The molecular weight excluding hydrogens is 292 g/mol. The van der Waals surface area contributed by atoms with Crippen LogP contribution in [0.1, 0.15) is 5.56 Å². The molecule has 1 aromatic heterocycles. The first kappa shape index (κ1) is 14.0. The van der Waals surface area contributed by atoms with Gasteiger partial charge in [0.15, 0.2) is 0 Å². The predicted molar refractivity (Wildman–Crippen MR) is 78.1 cm³/mol. The Morgan fingerprint density at radius 2 is 1.86 bits per heavy atom. The summed E-state index contributed by atoms with van der Waals surface area (Å²) in [6.45, 7) is -0.191. The minimum absolute atomic E-state index is 0.191. The van der Waals surface area contributed by atoms with E-state index in [-0.39, 0.29) is 11.5 Å². The molecule has 0 aliphatic carbocycles. The molecule has 0 radical (unpaired) electrons. The average molecular weight is 303 g/mol. The Bertz CT molecular complexity index is 807. The van der Waals surface area contributed by atoms with E-state index in [1.54, 1.807) is 0 Å². The number of aliphatic hydroxyl groups is 1. The van der Waals surface area contributed by atoms with Crippen molar-refractivity contribution in [3.63, 3.8) is 0 Å². The fraction of sp³-hybridized carbons (Fsp3) is 0.0625. The van der Waals surface area contributed by atoms with Crippen LogP contribution in [0, 0.1) is 11.6 Å². The second-order valence-electron chi connectivity index (χ2n) is 4.48. The van der Waals surface area contributed by atoms with Crippen LogP contribution in [0.15, 0.2) is 58.5 Å². The normalized spacial score (nSPS) is 11.0. The lowest BCUT2D eigenvalue weighted by Crippen LogP contribution is -1.94. The molecule has 0 saturated heterocycles. The third-order valence-corrected chi connectivity index (χ3v) is 4.13. The average Bonchev–Trinajstić information content (AvgIpc) is 2.49. The van der Waals surface area contributed by atoms with Crippen molar-refractivity contribution in [3.05, 3.63) is 65.7 Å². The monoisotopic (exact) mass is 303 g/mol. The Kier molecular flexibility index (Phi) is 3.86. The van der Waals surface area contributed by atoms with Crippen LogP contribution in [-0.4, -0.2) is 10.1 Å². The Morgan fingerprint density at radius 3 is 2.62 bits per heavy atom. The van der Waals surface area contributed by atoms with Crippen molar-refractivity contribution >= 4 is 22.7 Å². The highest BCUT2D eigenvalue weighted by Crippen LogP contribution is 2.32. The number of hydrogen-bond donors (Lipinski definition) is 1. The molecule has 0 bridgehead atoms. The van der Waals surface area contributed by atoms with Gasteiger partial charge in [0, 0.05) is 21.9 Å². The summed E-state index contributed by atoms with van der Waals surface area (Å²) in [5, 5.41) is 10.9. The van der Waals surface area contributed by atoms with Crippen molar-refractivity contribution in [3.8, 4) is 0 Å². The molecule has 21 heavy (non-hydrogen) atoms. The van der Waals surface area contributed by atoms with E-state index in [9.17, 15) is 13.9 Å². The van der Waals surface area contributed by atoms with E-state index in [1.807, 2.05) is 30.3 Å². The number of aromatic nitrogens is 1. The molecule has 0 saturated carbocycles. The second-order valence-corrected chi connectivity index (χ2v) is 5.51. The van der Waals surface area contributed by atoms with Crippen molar-refractivity contribution in [2.45, 2.75) is 16.5 Å². The number of benzene rings is 2. The summed E-state index contributed by atoms with van der Waals surface area (Å²) in [6.07, 6.45) is 0. The van der Waals surface area contributed by atoms with Gasteiger partial charge in [-0.2, -0.15) is 0 Å². The first-order valence-corrected chi connectivity index (χ1v) is 7.11. The summed E-state index contributed by atoms with van der Waals surface area (Å²) >= 11 is 1.08. The fourth-order valence-corrected chi connectivity index (χ4v) is 2.91. The standard InChI is InChI=1S/C16H11F2NOS/c17-12-5-6-15(13(18)8-12)21-16-11(9-20)7-10-3-1-2-4-14(10)19-16/h1-8,20H,9H2. The molecule has 106 valence electrons. The molecule has 3 aromatic rings. The molecule has 0 aliphatic heterocycles. The van der Waals surface area contributed by atoms with Gasteiger partial charge in [-0.05, 0) is 24.3 Å². The van der Waals surface area contributed by atoms with Crippen molar-refractivity contribution in [1.82, 2.24) is 4.98 Å². The van der Waals surface area contributed by atoms with Crippen LogP contribution in [-0.2, 0) is 6.61 Å². The van der Waals surface area contributed by atoms with Crippen molar-refractivity contribution in [2.24, 2.45) is 0 Å². The Hall–Kier alpha value is -1.98. The number of para-hydroxylation sites is 1. The van der Waals surface area contributed by atoms with Crippen LogP contribution in [0.3, 0.4) is 0 Å². The Balaban J connectivity index is 2.06. The van der Waals surface area contributed by atoms with Crippen LogP contribution in [0.25, 0.3) is 10.9 Å². The smallest absolute Gasteiger partial charge is 0.140 e. The van der Waals surface area contributed by atoms with Gasteiger partial charge in [0.1, 0.15) is 16.7 Å². The molecule has 0 atom stereocenters. The van der Waals surface area contributed by atoms with Crippen molar-refractivity contribution in [1.29, 1.82) is 0 Å². The second kappa shape index (κ2) is 5.79. The Morgan fingerprint density at radius 1 is 1.05 bits per heavy atom. The van der Waals surface area contributed by atoms with E-state index in [0.717, 1.165) is 28.7 Å². The highest BCUT2D eigenvalue weighted by atomic mass is 32.2. The molecular formula is C16H11F2NOS. The summed E-state index contributed by atoms with van der Waals surface area (Å²) < 4.78 is 26.7. The zero-order chi connectivity index (χ0) is 14.8. The van der Waals surface area contributed by atoms with Gasteiger partial charge in [-0.25, -0.2) is 13.8 Å². The molecule has 5 heteroatoms. The van der Waals surface area contributed by atoms with Gasteiger partial charge >= 0.3 is 0 Å².